The van der Waals surface area contributed by atoms with Crippen molar-refractivity contribution in [3.63, 3.8) is 0 Å². The fourth-order valence-electron chi connectivity index (χ4n) is 3.10. The zero-order valence-corrected chi connectivity index (χ0v) is 13.3. The molecule has 0 atom stereocenters. The highest BCUT2D eigenvalue weighted by molar-refractivity contribution is 5.76. The summed E-state index contributed by atoms with van der Waals surface area (Å²) in [4.78, 5) is 12.3. The normalized spacial score (nSPS) is 21.0. The molecule has 0 saturated heterocycles. The Morgan fingerprint density at radius 3 is 2.64 bits per heavy atom. The van der Waals surface area contributed by atoms with Crippen LogP contribution in [0.15, 0.2) is 18.2 Å². The van der Waals surface area contributed by atoms with Gasteiger partial charge in [0.2, 0.25) is 0 Å². The molecule has 118 valence electrons. The van der Waals surface area contributed by atoms with Crippen LogP contribution in [0.25, 0.3) is 0 Å². The monoisotopic (exact) mass is 301 g/mol. The maximum absolute atomic E-state index is 12.3. The van der Waals surface area contributed by atoms with Gasteiger partial charge in [0.1, 0.15) is 17.6 Å². The molecule has 0 unspecified atom stereocenters. The molecule has 0 spiro atoms. The molecule has 0 aliphatic heterocycles. The quantitative estimate of drug-likeness (QED) is 0.607. The molecule has 4 nitrogen and oxygen atoms in total. The molecule has 1 aromatic rings. The van der Waals surface area contributed by atoms with E-state index in [9.17, 15) is 4.79 Å². The van der Waals surface area contributed by atoms with Crippen LogP contribution in [-0.2, 0) is 4.79 Å². The Labute approximate surface area is 132 Å². The summed E-state index contributed by atoms with van der Waals surface area (Å²) in [6.45, 7) is 2.20. The number of ether oxygens (including phenoxy) is 2. The van der Waals surface area contributed by atoms with Crippen molar-refractivity contribution < 1.29 is 14.3 Å². The molecule has 0 amide bonds. The van der Waals surface area contributed by atoms with Crippen LogP contribution in [0, 0.1) is 23.2 Å². The molecule has 0 bridgehead atoms. The van der Waals surface area contributed by atoms with Gasteiger partial charge >= 0.3 is 5.97 Å². The summed E-state index contributed by atoms with van der Waals surface area (Å²) in [5.41, 5.74) is 0.326. The molecule has 1 aliphatic rings. The molecule has 22 heavy (non-hydrogen) atoms. The minimum absolute atomic E-state index is 0.0400. The van der Waals surface area contributed by atoms with Crippen LogP contribution >= 0.6 is 0 Å². The average Bonchev–Trinajstić information content (AvgIpc) is 2.56. The van der Waals surface area contributed by atoms with Crippen LogP contribution < -0.4 is 9.47 Å². The second-order valence-corrected chi connectivity index (χ2v) is 5.90. The van der Waals surface area contributed by atoms with Gasteiger partial charge in [-0.25, -0.2) is 0 Å². The predicted molar refractivity (Wildman–Crippen MR) is 83.7 cm³/mol. The van der Waals surface area contributed by atoms with Crippen LogP contribution in [0.1, 0.15) is 51.0 Å². The lowest BCUT2D eigenvalue weighted by Crippen LogP contribution is -2.25. The maximum Gasteiger partial charge on any atom is 0.314 e. The van der Waals surface area contributed by atoms with E-state index in [0.29, 0.717) is 17.1 Å². The largest absolute Gasteiger partial charge is 0.497 e. The minimum Gasteiger partial charge on any atom is -0.497 e. The summed E-state index contributed by atoms with van der Waals surface area (Å²) in [7, 11) is 1.54. The molecule has 4 heteroatoms. The fraction of sp³-hybridized carbons (Fsp3) is 0.556. The summed E-state index contributed by atoms with van der Waals surface area (Å²) in [5.74, 6) is 1.41. The van der Waals surface area contributed by atoms with Crippen molar-refractivity contribution in [2.24, 2.45) is 11.8 Å². The van der Waals surface area contributed by atoms with Crippen molar-refractivity contribution in [1.82, 2.24) is 0 Å². The lowest BCUT2D eigenvalue weighted by atomic mass is 9.80. The second kappa shape index (κ2) is 7.84. The highest BCUT2D eigenvalue weighted by atomic mass is 16.5. The summed E-state index contributed by atoms with van der Waals surface area (Å²) >= 11 is 0. The molecule has 2 rings (SSSR count). The number of nitriles is 1. The van der Waals surface area contributed by atoms with Gasteiger partial charge in [0.25, 0.3) is 0 Å². The van der Waals surface area contributed by atoms with E-state index in [1.165, 1.54) is 20.0 Å². The van der Waals surface area contributed by atoms with Gasteiger partial charge < -0.3 is 9.47 Å². The lowest BCUT2D eigenvalue weighted by molar-refractivity contribution is -0.140. The summed E-state index contributed by atoms with van der Waals surface area (Å²) in [6, 6.07) is 6.95. The van der Waals surface area contributed by atoms with Gasteiger partial charge in [0.15, 0.2) is 0 Å². The Morgan fingerprint density at radius 2 is 2.05 bits per heavy atom. The number of hydrogen-bond donors (Lipinski definition) is 0. The van der Waals surface area contributed by atoms with Gasteiger partial charge in [0.05, 0.1) is 18.6 Å². The van der Waals surface area contributed by atoms with Crippen molar-refractivity contribution in [3.8, 4) is 17.6 Å². The number of rotatable bonds is 5. The number of carbonyl (C=O) groups excluding carboxylic acids is 1. The Bertz CT molecular complexity index is 554. The van der Waals surface area contributed by atoms with Crippen LogP contribution in [0.2, 0.25) is 0 Å². The number of nitrogens with zero attached hydrogens (tertiary/aromatic N) is 1. The highest BCUT2D eigenvalue weighted by Crippen LogP contribution is 2.33. The zero-order chi connectivity index (χ0) is 15.9. The van der Waals surface area contributed by atoms with Crippen LogP contribution in [0.3, 0.4) is 0 Å². The first kappa shape index (κ1) is 16.4. The van der Waals surface area contributed by atoms with Crippen molar-refractivity contribution in [3.05, 3.63) is 23.8 Å². The van der Waals surface area contributed by atoms with E-state index < -0.39 is 0 Å². The first-order valence-corrected chi connectivity index (χ1v) is 7.97. The molecule has 1 aliphatic carbocycles. The van der Waals surface area contributed by atoms with E-state index in [0.717, 1.165) is 31.6 Å². The first-order chi connectivity index (χ1) is 10.7. The van der Waals surface area contributed by atoms with E-state index in [2.05, 4.69) is 6.92 Å². The molecule has 1 aromatic carbocycles. The number of hydrogen-bond acceptors (Lipinski definition) is 4. The third-order valence-corrected chi connectivity index (χ3v) is 4.39. The van der Waals surface area contributed by atoms with Crippen molar-refractivity contribution in [2.75, 3.05) is 7.11 Å². The summed E-state index contributed by atoms with van der Waals surface area (Å²) in [6.07, 6.45) is 6.43. The van der Waals surface area contributed by atoms with Crippen molar-refractivity contribution in [1.29, 1.82) is 5.26 Å². The van der Waals surface area contributed by atoms with Crippen LogP contribution in [0.5, 0.6) is 11.5 Å². The minimum atomic E-state index is -0.211. The van der Waals surface area contributed by atoms with E-state index in [1.54, 1.807) is 18.2 Å². The van der Waals surface area contributed by atoms with Crippen LogP contribution in [0.4, 0.5) is 0 Å². The molecule has 0 N–H and O–H groups in total. The molecular weight excluding hydrogens is 278 g/mol. The number of esters is 1. The van der Waals surface area contributed by atoms with E-state index in [4.69, 9.17) is 14.7 Å². The van der Waals surface area contributed by atoms with Gasteiger partial charge in [-0.05, 0) is 43.7 Å². The van der Waals surface area contributed by atoms with Gasteiger partial charge in [0, 0.05) is 6.07 Å². The average molecular weight is 301 g/mol. The standard InChI is InChI=1S/C18H23NO3/c1-3-4-13-5-7-14(8-6-13)18(20)22-17-10-9-16(21-2)11-15(17)12-19/h9-11,13-14H,3-8H2,1-2H3/t13-,14-. The summed E-state index contributed by atoms with van der Waals surface area (Å²) < 4.78 is 10.5. The third kappa shape index (κ3) is 4.00. The van der Waals surface area contributed by atoms with Crippen molar-refractivity contribution in [2.45, 2.75) is 45.4 Å². The van der Waals surface area contributed by atoms with E-state index in [-0.39, 0.29) is 11.9 Å². The molecule has 1 fully saturated rings. The molecular formula is C18H23NO3. The fourth-order valence-corrected chi connectivity index (χ4v) is 3.10. The zero-order valence-electron chi connectivity index (χ0n) is 13.3. The van der Waals surface area contributed by atoms with Gasteiger partial charge in [-0.15, -0.1) is 0 Å². The second-order valence-electron chi connectivity index (χ2n) is 5.90. The third-order valence-electron chi connectivity index (χ3n) is 4.39. The first-order valence-electron chi connectivity index (χ1n) is 7.97. The van der Waals surface area contributed by atoms with Gasteiger partial charge in [-0.2, -0.15) is 5.26 Å². The van der Waals surface area contributed by atoms with Crippen LogP contribution in [-0.4, -0.2) is 13.1 Å². The Balaban J connectivity index is 1.97. The highest BCUT2D eigenvalue weighted by Gasteiger charge is 2.27. The molecule has 0 heterocycles. The number of carbonyl (C=O) groups is 1. The lowest BCUT2D eigenvalue weighted by Gasteiger charge is -2.26. The molecule has 0 radical (unpaired) electrons. The molecule has 1 saturated carbocycles. The Morgan fingerprint density at radius 1 is 1.32 bits per heavy atom. The maximum atomic E-state index is 12.3. The topological polar surface area (TPSA) is 59.3 Å². The van der Waals surface area contributed by atoms with Gasteiger partial charge in [-0.1, -0.05) is 19.8 Å². The number of benzene rings is 1. The van der Waals surface area contributed by atoms with Gasteiger partial charge in [-0.3, -0.25) is 4.79 Å². The number of methoxy groups -OCH3 is 1. The predicted octanol–water partition coefficient (Wildman–Crippen LogP) is 4.08. The van der Waals surface area contributed by atoms with E-state index >= 15 is 0 Å². The summed E-state index contributed by atoms with van der Waals surface area (Å²) in [5, 5.41) is 9.16. The van der Waals surface area contributed by atoms with E-state index in [1.807, 2.05) is 6.07 Å². The van der Waals surface area contributed by atoms with Crippen molar-refractivity contribution >= 4 is 5.97 Å². The Kier molecular flexibility index (Phi) is 5.83. The Hall–Kier alpha value is -2.02. The molecule has 0 aromatic heterocycles. The SMILES string of the molecule is CCC[C@H]1CC[C@H](C(=O)Oc2ccc(OC)cc2C#N)CC1. The smallest absolute Gasteiger partial charge is 0.314 e.